The van der Waals surface area contributed by atoms with Crippen molar-refractivity contribution in [2.75, 3.05) is 0 Å². The molecule has 106 valence electrons. The van der Waals surface area contributed by atoms with Gasteiger partial charge >= 0.3 is 5.97 Å². The van der Waals surface area contributed by atoms with E-state index in [9.17, 15) is 9.59 Å². The summed E-state index contributed by atoms with van der Waals surface area (Å²) in [4.78, 5) is 22.6. The summed E-state index contributed by atoms with van der Waals surface area (Å²) in [7, 11) is 0. The van der Waals surface area contributed by atoms with Crippen LogP contribution in [0.1, 0.15) is 53.4 Å². The van der Waals surface area contributed by atoms with Gasteiger partial charge in [-0.05, 0) is 18.3 Å². The lowest BCUT2D eigenvalue weighted by Crippen LogP contribution is -2.47. The van der Waals surface area contributed by atoms with E-state index in [1.54, 1.807) is 0 Å². The van der Waals surface area contributed by atoms with E-state index in [-0.39, 0.29) is 23.8 Å². The van der Waals surface area contributed by atoms with Crippen molar-refractivity contribution >= 4 is 11.9 Å². The number of rotatable bonds is 7. The number of amides is 1. The van der Waals surface area contributed by atoms with E-state index < -0.39 is 12.0 Å². The minimum atomic E-state index is -0.909. The third-order valence-corrected chi connectivity index (χ3v) is 2.56. The van der Waals surface area contributed by atoms with Crippen molar-refractivity contribution in [1.82, 2.24) is 5.32 Å². The summed E-state index contributed by atoms with van der Waals surface area (Å²) in [5.41, 5.74) is 5.67. The lowest BCUT2D eigenvalue weighted by atomic mass is 9.87. The van der Waals surface area contributed by atoms with Gasteiger partial charge < -0.3 is 16.2 Å². The average Bonchev–Trinajstić information content (AvgIpc) is 2.13. The Balaban J connectivity index is 4.48. The number of hydrogen-bond acceptors (Lipinski definition) is 3. The molecule has 0 rings (SSSR count). The molecule has 0 saturated heterocycles. The summed E-state index contributed by atoms with van der Waals surface area (Å²) in [6, 6.07) is -0.913. The highest BCUT2D eigenvalue weighted by molar-refractivity contribution is 5.82. The van der Waals surface area contributed by atoms with Gasteiger partial charge in [0.2, 0.25) is 5.91 Å². The molecular formula is C13H26N2O3. The number of nitrogens with two attached hydrogens (primary N) is 1. The number of aliphatic carboxylic acids is 1. The molecule has 0 aliphatic rings. The van der Waals surface area contributed by atoms with Gasteiger partial charge in [0.25, 0.3) is 0 Å². The molecular weight excluding hydrogens is 232 g/mol. The van der Waals surface area contributed by atoms with Crippen molar-refractivity contribution in [2.45, 2.75) is 65.5 Å². The quantitative estimate of drug-likeness (QED) is 0.645. The van der Waals surface area contributed by atoms with Crippen LogP contribution in [0.15, 0.2) is 0 Å². The molecule has 0 spiro atoms. The highest BCUT2D eigenvalue weighted by Crippen LogP contribution is 2.22. The molecule has 0 fully saturated rings. The smallest absolute Gasteiger partial charge is 0.305 e. The van der Waals surface area contributed by atoms with Crippen molar-refractivity contribution in [3.63, 3.8) is 0 Å². The second kappa shape index (κ2) is 7.36. The molecule has 2 atom stereocenters. The van der Waals surface area contributed by atoms with E-state index in [0.717, 1.165) is 6.42 Å². The molecule has 1 unspecified atom stereocenters. The molecule has 5 heteroatoms. The van der Waals surface area contributed by atoms with Crippen LogP contribution in [0.5, 0.6) is 0 Å². The average molecular weight is 258 g/mol. The monoisotopic (exact) mass is 258 g/mol. The first-order valence-corrected chi connectivity index (χ1v) is 6.43. The highest BCUT2D eigenvalue weighted by atomic mass is 16.4. The Morgan fingerprint density at radius 1 is 1.33 bits per heavy atom. The van der Waals surface area contributed by atoms with E-state index in [1.165, 1.54) is 0 Å². The summed E-state index contributed by atoms with van der Waals surface area (Å²) in [6.45, 7) is 8.00. The summed E-state index contributed by atoms with van der Waals surface area (Å²) < 4.78 is 0. The fourth-order valence-corrected chi connectivity index (χ4v) is 1.87. The first kappa shape index (κ1) is 16.9. The molecule has 0 radical (unpaired) electrons. The Kier molecular flexibility index (Phi) is 6.91. The largest absolute Gasteiger partial charge is 0.481 e. The Bertz CT molecular complexity index is 284. The predicted molar refractivity (Wildman–Crippen MR) is 71.1 cm³/mol. The van der Waals surface area contributed by atoms with Crippen LogP contribution >= 0.6 is 0 Å². The van der Waals surface area contributed by atoms with E-state index >= 15 is 0 Å². The highest BCUT2D eigenvalue weighted by Gasteiger charge is 2.24. The van der Waals surface area contributed by atoms with E-state index in [0.29, 0.717) is 12.8 Å². The number of carboxylic acid groups (broad SMARTS) is 1. The topological polar surface area (TPSA) is 92.4 Å². The predicted octanol–water partition coefficient (Wildman–Crippen LogP) is 1.51. The fraction of sp³-hybridized carbons (Fsp3) is 0.846. The van der Waals surface area contributed by atoms with Gasteiger partial charge in [-0.1, -0.05) is 34.1 Å². The first-order chi connectivity index (χ1) is 8.15. The van der Waals surface area contributed by atoms with Crippen LogP contribution < -0.4 is 11.1 Å². The molecule has 5 nitrogen and oxygen atoms in total. The fourth-order valence-electron chi connectivity index (χ4n) is 1.87. The second-order valence-corrected chi connectivity index (χ2v) is 5.96. The molecule has 0 bridgehead atoms. The van der Waals surface area contributed by atoms with Gasteiger partial charge in [0, 0.05) is 6.04 Å². The Morgan fingerprint density at radius 3 is 2.28 bits per heavy atom. The van der Waals surface area contributed by atoms with Crippen LogP contribution in [-0.4, -0.2) is 29.1 Å². The van der Waals surface area contributed by atoms with Crippen molar-refractivity contribution in [3.8, 4) is 0 Å². The number of hydrogen-bond donors (Lipinski definition) is 3. The van der Waals surface area contributed by atoms with Gasteiger partial charge in [-0.25, -0.2) is 0 Å². The van der Waals surface area contributed by atoms with Crippen LogP contribution in [0.25, 0.3) is 0 Å². The zero-order valence-corrected chi connectivity index (χ0v) is 11.8. The summed E-state index contributed by atoms with van der Waals surface area (Å²) >= 11 is 0. The maximum atomic E-state index is 11.8. The standard InChI is InChI=1S/C13H26N2O3/c1-5-6-10(14)12(18)15-9(7-11(16)17)8-13(2,3)4/h9-10H,5-8,14H2,1-4H3,(H,15,18)(H,16,17)/t9?,10-/m0/s1. The molecule has 0 aliphatic heterocycles. The molecule has 4 N–H and O–H groups in total. The van der Waals surface area contributed by atoms with Gasteiger partial charge in [-0.15, -0.1) is 0 Å². The summed E-state index contributed by atoms with van der Waals surface area (Å²) in [6.07, 6.45) is 1.99. The minimum absolute atomic E-state index is 0.0394. The van der Waals surface area contributed by atoms with Crippen LogP contribution in [0.3, 0.4) is 0 Å². The third-order valence-electron chi connectivity index (χ3n) is 2.56. The summed E-state index contributed by atoms with van der Waals surface area (Å²) in [5, 5.41) is 11.6. The number of carbonyl (C=O) groups excluding carboxylic acids is 1. The van der Waals surface area contributed by atoms with Crippen molar-refractivity contribution < 1.29 is 14.7 Å². The van der Waals surface area contributed by atoms with E-state index in [2.05, 4.69) is 5.32 Å². The van der Waals surface area contributed by atoms with Crippen LogP contribution in [0.2, 0.25) is 0 Å². The normalized spacial score (nSPS) is 14.9. The zero-order valence-electron chi connectivity index (χ0n) is 11.8. The first-order valence-electron chi connectivity index (χ1n) is 6.43. The zero-order chi connectivity index (χ0) is 14.3. The molecule has 1 amide bonds. The second-order valence-electron chi connectivity index (χ2n) is 5.96. The van der Waals surface area contributed by atoms with Gasteiger partial charge in [0.1, 0.15) is 0 Å². The Labute approximate surface area is 109 Å². The third kappa shape index (κ3) is 8.06. The SMILES string of the molecule is CCC[C@H](N)C(=O)NC(CC(=O)O)CC(C)(C)C. The Morgan fingerprint density at radius 2 is 1.89 bits per heavy atom. The summed E-state index contributed by atoms with van der Waals surface area (Å²) in [5.74, 6) is -1.17. The van der Waals surface area contributed by atoms with Gasteiger partial charge in [-0.3, -0.25) is 9.59 Å². The molecule has 0 saturated carbocycles. The molecule has 0 aliphatic carbocycles. The van der Waals surface area contributed by atoms with Gasteiger partial charge in [-0.2, -0.15) is 0 Å². The number of carboxylic acids is 1. The maximum absolute atomic E-state index is 11.8. The maximum Gasteiger partial charge on any atom is 0.305 e. The van der Waals surface area contributed by atoms with Crippen molar-refractivity contribution in [3.05, 3.63) is 0 Å². The Hall–Kier alpha value is -1.10. The van der Waals surface area contributed by atoms with E-state index in [4.69, 9.17) is 10.8 Å². The number of carbonyl (C=O) groups is 2. The molecule has 0 aromatic heterocycles. The van der Waals surface area contributed by atoms with Crippen LogP contribution in [-0.2, 0) is 9.59 Å². The molecule has 0 aromatic carbocycles. The van der Waals surface area contributed by atoms with E-state index in [1.807, 2.05) is 27.7 Å². The van der Waals surface area contributed by atoms with Crippen LogP contribution in [0.4, 0.5) is 0 Å². The molecule has 0 aromatic rings. The van der Waals surface area contributed by atoms with Crippen molar-refractivity contribution in [2.24, 2.45) is 11.1 Å². The molecule has 0 heterocycles. The minimum Gasteiger partial charge on any atom is -0.481 e. The van der Waals surface area contributed by atoms with Gasteiger partial charge in [0.15, 0.2) is 0 Å². The molecule has 18 heavy (non-hydrogen) atoms. The van der Waals surface area contributed by atoms with Crippen LogP contribution in [0, 0.1) is 5.41 Å². The number of nitrogens with one attached hydrogen (secondary N) is 1. The van der Waals surface area contributed by atoms with Crippen molar-refractivity contribution in [1.29, 1.82) is 0 Å². The lowest BCUT2D eigenvalue weighted by Gasteiger charge is -2.26. The lowest BCUT2D eigenvalue weighted by molar-refractivity contribution is -0.138. The van der Waals surface area contributed by atoms with Gasteiger partial charge in [0.05, 0.1) is 12.5 Å².